The first-order valence-corrected chi connectivity index (χ1v) is 13.0. The van der Waals surface area contributed by atoms with Crippen molar-refractivity contribution in [3.05, 3.63) is 105 Å². The van der Waals surface area contributed by atoms with Crippen molar-refractivity contribution in [2.24, 2.45) is 0 Å². The number of hydrogen-bond donors (Lipinski definition) is 1. The quantitative estimate of drug-likeness (QED) is 0.312. The number of hydrogen-bond acceptors (Lipinski definition) is 2. The van der Waals surface area contributed by atoms with Gasteiger partial charge in [-0.25, -0.2) is 4.79 Å². The normalized spacial score (nSPS) is 16.9. The molecule has 0 saturated carbocycles. The molecule has 2 aromatic carbocycles. The maximum absolute atomic E-state index is 13.9. The first kappa shape index (κ1) is 21.5. The number of carbonyl (C=O) groups excluding carboxylic acids is 1. The third-order valence-corrected chi connectivity index (χ3v) is 8.48. The van der Waals surface area contributed by atoms with Crippen molar-refractivity contribution in [2.45, 2.75) is 45.2 Å². The predicted octanol–water partition coefficient (Wildman–Crippen LogP) is 7.52. The Kier molecular flexibility index (Phi) is 5.47. The molecule has 172 valence electrons. The van der Waals surface area contributed by atoms with E-state index in [0.29, 0.717) is 17.3 Å². The summed E-state index contributed by atoms with van der Waals surface area (Å²) in [5.41, 5.74) is 6.88. The summed E-state index contributed by atoms with van der Waals surface area (Å²) in [4.78, 5) is 17.4. The highest BCUT2D eigenvalue weighted by Gasteiger charge is 2.36. The van der Waals surface area contributed by atoms with Crippen molar-refractivity contribution in [1.29, 1.82) is 0 Å². The molecule has 1 aliphatic heterocycles. The summed E-state index contributed by atoms with van der Waals surface area (Å²) < 4.78 is 2.31. The van der Waals surface area contributed by atoms with Crippen LogP contribution in [0, 0.1) is 6.92 Å². The van der Waals surface area contributed by atoms with E-state index in [1.54, 1.807) is 6.07 Å². The zero-order chi connectivity index (χ0) is 23.2. The standard InChI is InChI=1S/C28H26ClN3OS/c1-18-11-13-19(14-12-18)26-24-9-5-15-31(24)27-23(22-8-2-3-10-25(22)34-27)17-32(26)28(33)30-21-7-4-6-20(29)16-21/h4-7,9,11-16,26H,2-3,8,10,17H2,1H3,(H,30,33). The second kappa shape index (κ2) is 8.64. The number of nitrogens with one attached hydrogen (secondary N) is 1. The van der Waals surface area contributed by atoms with Crippen LogP contribution in [0.2, 0.25) is 5.02 Å². The van der Waals surface area contributed by atoms with Gasteiger partial charge in [-0.15, -0.1) is 11.3 Å². The molecule has 0 bridgehead atoms. The molecule has 1 aliphatic carbocycles. The molecule has 6 heteroatoms. The van der Waals surface area contributed by atoms with E-state index in [0.717, 1.165) is 24.1 Å². The van der Waals surface area contributed by atoms with Gasteiger partial charge in [-0.2, -0.15) is 0 Å². The van der Waals surface area contributed by atoms with Crippen LogP contribution < -0.4 is 5.32 Å². The van der Waals surface area contributed by atoms with Crippen LogP contribution in [0.4, 0.5) is 10.5 Å². The molecule has 1 atom stereocenters. The number of carbonyl (C=O) groups is 1. The lowest BCUT2D eigenvalue weighted by atomic mass is 9.95. The summed E-state index contributed by atoms with van der Waals surface area (Å²) in [7, 11) is 0. The van der Waals surface area contributed by atoms with Crippen LogP contribution in [0.15, 0.2) is 66.9 Å². The molecule has 0 radical (unpaired) electrons. The van der Waals surface area contributed by atoms with E-state index in [-0.39, 0.29) is 12.1 Å². The van der Waals surface area contributed by atoms with Gasteiger partial charge in [0.1, 0.15) is 5.00 Å². The average Bonchev–Trinajstić information content (AvgIpc) is 3.42. The van der Waals surface area contributed by atoms with Gasteiger partial charge in [-0.3, -0.25) is 0 Å². The SMILES string of the molecule is Cc1ccc(C2c3cccn3-c3sc4c(c3CN2C(=O)Nc2cccc(Cl)c2)CCCC4)cc1. The smallest absolute Gasteiger partial charge is 0.310 e. The van der Waals surface area contributed by atoms with E-state index >= 15 is 0 Å². The van der Waals surface area contributed by atoms with Crippen LogP contribution in [-0.2, 0) is 19.4 Å². The second-order valence-electron chi connectivity index (χ2n) is 9.18. The van der Waals surface area contributed by atoms with E-state index in [2.05, 4.69) is 59.4 Å². The minimum Gasteiger partial charge on any atom is -0.310 e. The highest BCUT2D eigenvalue weighted by molar-refractivity contribution is 7.15. The monoisotopic (exact) mass is 487 g/mol. The molecule has 0 spiro atoms. The summed E-state index contributed by atoms with van der Waals surface area (Å²) >= 11 is 8.10. The topological polar surface area (TPSA) is 37.3 Å². The van der Waals surface area contributed by atoms with Crippen LogP contribution >= 0.6 is 22.9 Å². The van der Waals surface area contributed by atoms with Crippen LogP contribution in [0.3, 0.4) is 0 Å². The van der Waals surface area contributed by atoms with Gasteiger partial charge in [-0.1, -0.05) is 47.5 Å². The zero-order valence-electron chi connectivity index (χ0n) is 19.1. The molecule has 34 heavy (non-hydrogen) atoms. The Balaban J connectivity index is 1.50. The van der Waals surface area contributed by atoms with Gasteiger partial charge in [0.15, 0.2) is 0 Å². The van der Waals surface area contributed by atoms with Crippen LogP contribution in [0.25, 0.3) is 5.00 Å². The molecular formula is C28H26ClN3OS. The van der Waals surface area contributed by atoms with Gasteiger partial charge in [0.2, 0.25) is 0 Å². The fourth-order valence-corrected chi connectivity index (χ4v) is 6.84. The van der Waals surface area contributed by atoms with E-state index in [4.69, 9.17) is 11.6 Å². The molecule has 1 unspecified atom stereocenters. The van der Waals surface area contributed by atoms with Gasteiger partial charge in [0.05, 0.1) is 18.3 Å². The zero-order valence-corrected chi connectivity index (χ0v) is 20.6. The average molecular weight is 488 g/mol. The number of urea groups is 1. The number of thiophene rings is 1. The number of benzene rings is 2. The number of amides is 2. The lowest BCUT2D eigenvalue weighted by Crippen LogP contribution is -2.38. The Labute approximate surface area is 208 Å². The number of anilines is 1. The third kappa shape index (κ3) is 3.73. The fraction of sp³-hybridized carbons (Fsp3) is 0.250. The molecule has 4 aromatic rings. The summed E-state index contributed by atoms with van der Waals surface area (Å²) in [5, 5.41) is 4.98. The maximum Gasteiger partial charge on any atom is 0.322 e. The highest BCUT2D eigenvalue weighted by atomic mass is 35.5. The molecule has 0 saturated heterocycles. The molecule has 6 rings (SSSR count). The molecule has 2 amide bonds. The minimum atomic E-state index is -0.200. The molecule has 0 fully saturated rings. The predicted molar refractivity (Wildman–Crippen MR) is 139 cm³/mol. The Morgan fingerprint density at radius 2 is 1.85 bits per heavy atom. The third-order valence-electron chi connectivity index (χ3n) is 6.91. The van der Waals surface area contributed by atoms with Crippen molar-refractivity contribution < 1.29 is 4.79 Å². The highest BCUT2D eigenvalue weighted by Crippen LogP contribution is 2.44. The number of aromatic nitrogens is 1. The fourth-order valence-electron chi connectivity index (χ4n) is 5.25. The van der Waals surface area contributed by atoms with Crippen molar-refractivity contribution in [3.63, 3.8) is 0 Å². The largest absolute Gasteiger partial charge is 0.322 e. The van der Waals surface area contributed by atoms with Crippen molar-refractivity contribution in [3.8, 4) is 5.00 Å². The number of rotatable bonds is 2. The summed E-state index contributed by atoms with van der Waals surface area (Å²) in [5.74, 6) is 0. The van der Waals surface area contributed by atoms with Crippen molar-refractivity contribution >= 4 is 34.7 Å². The Bertz CT molecular complexity index is 1370. The van der Waals surface area contributed by atoms with Gasteiger partial charge in [0.25, 0.3) is 0 Å². The number of halogens is 1. The van der Waals surface area contributed by atoms with E-state index in [9.17, 15) is 4.79 Å². The van der Waals surface area contributed by atoms with Crippen molar-refractivity contribution in [1.82, 2.24) is 9.47 Å². The first-order valence-electron chi connectivity index (χ1n) is 11.8. The molecule has 3 heterocycles. The Morgan fingerprint density at radius 1 is 1.03 bits per heavy atom. The minimum absolute atomic E-state index is 0.121. The Morgan fingerprint density at radius 3 is 2.68 bits per heavy atom. The summed E-state index contributed by atoms with van der Waals surface area (Å²) in [6, 6.07) is 19.8. The van der Waals surface area contributed by atoms with Gasteiger partial charge >= 0.3 is 6.03 Å². The van der Waals surface area contributed by atoms with Gasteiger partial charge in [-0.05, 0) is 74.1 Å². The lowest BCUT2D eigenvalue weighted by molar-refractivity contribution is 0.194. The van der Waals surface area contributed by atoms with E-state index in [1.165, 1.54) is 39.4 Å². The molecule has 4 nitrogen and oxygen atoms in total. The van der Waals surface area contributed by atoms with Gasteiger partial charge in [0, 0.05) is 27.3 Å². The van der Waals surface area contributed by atoms with Crippen LogP contribution in [-0.4, -0.2) is 15.5 Å². The van der Waals surface area contributed by atoms with E-state index in [1.807, 2.05) is 34.4 Å². The Hall–Kier alpha value is -3.02. The second-order valence-corrected chi connectivity index (χ2v) is 10.7. The van der Waals surface area contributed by atoms with Crippen molar-refractivity contribution in [2.75, 3.05) is 5.32 Å². The lowest BCUT2D eigenvalue weighted by Gasteiger charge is -2.31. The maximum atomic E-state index is 13.9. The van der Waals surface area contributed by atoms with Crippen LogP contribution in [0.1, 0.15) is 51.7 Å². The summed E-state index contributed by atoms with van der Waals surface area (Å²) in [6.07, 6.45) is 6.84. The van der Waals surface area contributed by atoms with E-state index < -0.39 is 0 Å². The number of fused-ring (bicyclic) bond motifs is 5. The van der Waals surface area contributed by atoms with Gasteiger partial charge < -0.3 is 14.8 Å². The molecular weight excluding hydrogens is 462 g/mol. The number of nitrogens with zero attached hydrogens (tertiary/aromatic N) is 2. The molecule has 2 aliphatic rings. The first-order chi connectivity index (χ1) is 16.6. The molecule has 2 aromatic heterocycles. The molecule has 1 N–H and O–H groups in total. The number of aryl methyl sites for hydroxylation is 2. The van der Waals surface area contributed by atoms with Crippen LogP contribution in [0.5, 0.6) is 0 Å². The summed E-state index contributed by atoms with van der Waals surface area (Å²) in [6.45, 7) is 2.67.